The van der Waals surface area contributed by atoms with Crippen molar-refractivity contribution in [2.45, 2.75) is 45.1 Å². The van der Waals surface area contributed by atoms with E-state index in [1.165, 1.54) is 55.6 Å². The van der Waals surface area contributed by atoms with Gasteiger partial charge in [-0.3, -0.25) is 0 Å². The molecule has 0 saturated carbocycles. The van der Waals surface area contributed by atoms with Crippen molar-refractivity contribution in [1.29, 1.82) is 0 Å². The molecule has 3 rings (SSSR count). The normalized spacial score (nSPS) is 24.1. The van der Waals surface area contributed by atoms with E-state index < -0.39 is 0 Å². The molecule has 1 saturated heterocycles. The Morgan fingerprint density at radius 2 is 2.18 bits per heavy atom. The molecule has 2 aliphatic heterocycles. The molecule has 2 heterocycles. The Hall–Kier alpha value is -1.18. The highest BCUT2D eigenvalue weighted by Gasteiger charge is 2.19. The number of hydrogen-bond acceptors (Lipinski definition) is 2. The van der Waals surface area contributed by atoms with Crippen LogP contribution in [0.4, 0.5) is 11.4 Å². The van der Waals surface area contributed by atoms with Gasteiger partial charge in [0.25, 0.3) is 0 Å². The van der Waals surface area contributed by atoms with Crippen LogP contribution in [0.25, 0.3) is 0 Å². The number of benzene rings is 1. The molecule has 17 heavy (non-hydrogen) atoms. The van der Waals surface area contributed by atoms with Crippen molar-refractivity contribution in [2.24, 2.45) is 0 Å². The third kappa shape index (κ3) is 2.13. The topological polar surface area (TPSA) is 15.3 Å². The minimum Gasteiger partial charge on any atom is -0.385 e. The lowest BCUT2D eigenvalue weighted by atomic mass is 9.99. The van der Waals surface area contributed by atoms with Crippen molar-refractivity contribution < 1.29 is 0 Å². The lowest BCUT2D eigenvalue weighted by Crippen LogP contribution is -2.37. The zero-order valence-electron chi connectivity index (χ0n) is 10.7. The summed E-state index contributed by atoms with van der Waals surface area (Å²) in [4.78, 5) is 2.58. The lowest BCUT2D eigenvalue weighted by molar-refractivity contribution is 0.485. The Kier molecular flexibility index (Phi) is 2.96. The van der Waals surface area contributed by atoms with Crippen LogP contribution >= 0.6 is 0 Å². The smallest absolute Gasteiger partial charge is 0.0374 e. The summed E-state index contributed by atoms with van der Waals surface area (Å²) in [6, 6.07) is 7.67. The van der Waals surface area contributed by atoms with E-state index in [4.69, 9.17) is 0 Å². The van der Waals surface area contributed by atoms with Crippen LogP contribution in [0.1, 0.15) is 38.2 Å². The Bertz CT molecular complexity index is 400. The first-order chi connectivity index (χ1) is 8.34. The molecule has 2 heteroatoms. The Morgan fingerprint density at radius 3 is 3.06 bits per heavy atom. The van der Waals surface area contributed by atoms with Gasteiger partial charge in [-0.1, -0.05) is 0 Å². The average Bonchev–Trinajstić information content (AvgIpc) is 2.39. The van der Waals surface area contributed by atoms with Crippen molar-refractivity contribution in [1.82, 2.24) is 0 Å². The molecule has 0 bridgehead atoms. The van der Waals surface area contributed by atoms with Crippen LogP contribution in [-0.4, -0.2) is 19.1 Å². The third-order valence-corrected chi connectivity index (χ3v) is 4.16. The van der Waals surface area contributed by atoms with E-state index in [0.717, 1.165) is 6.54 Å². The number of anilines is 2. The molecule has 0 amide bonds. The molecule has 0 spiro atoms. The molecular formula is C15H22N2. The second-order valence-electron chi connectivity index (χ2n) is 5.41. The van der Waals surface area contributed by atoms with Crippen LogP contribution in [0.15, 0.2) is 18.2 Å². The van der Waals surface area contributed by atoms with Crippen LogP contribution < -0.4 is 10.2 Å². The zero-order chi connectivity index (χ0) is 11.7. The zero-order valence-corrected chi connectivity index (χ0v) is 10.7. The highest BCUT2D eigenvalue weighted by atomic mass is 15.2. The SMILES string of the molecule is CC1CCCCN1c1ccc2c(c1)CCCN2. The molecule has 1 aromatic carbocycles. The van der Waals surface area contributed by atoms with Gasteiger partial charge < -0.3 is 10.2 Å². The van der Waals surface area contributed by atoms with Crippen LogP contribution in [0.2, 0.25) is 0 Å². The summed E-state index contributed by atoms with van der Waals surface area (Å²) in [6.45, 7) is 4.72. The number of nitrogens with one attached hydrogen (secondary N) is 1. The van der Waals surface area contributed by atoms with Crippen molar-refractivity contribution >= 4 is 11.4 Å². The van der Waals surface area contributed by atoms with E-state index in [1.807, 2.05) is 0 Å². The van der Waals surface area contributed by atoms with Gasteiger partial charge in [0.05, 0.1) is 0 Å². The molecule has 2 nitrogen and oxygen atoms in total. The fourth-order valence-electron chi connectivity index (χ4n) is 3.12. The number of rotatable bonds is 1. The summed E-state index contributed by atoms with van der Waals surface area (Å²) in [6.07, 6.45) is 6.59. The predicted octanol–water partition coefficient (Wildman–Crippen LogP) is 3.42. The molecule has 92 valence electrons. The van der Waals surface area contributed by atoms with Crippen molar-refractivity contribution in [3.8, 4) is 0 Å². The average molecular weight is 230 g/mol. The fourth-order valence-corrected chi connectivity index (χ4v) is 3.12. The van der Waals surface area contributed by atoms with Crippen molar-refractivity contribution in [3.05, 3.63) is 23.8 Å². The van der Waals surface area contributed by atoms with E-state index in [1.54, 1.807) is 0 Å². The summed E-state index contributed by atoms with van der Waals surface area (Å²) in [7, 11) is 0. The maximum atomic E-state index is 3.49. The molecule has 1 aromatic rings. The fraction of sp³-hybridized carbons (Fsp3) is 0.600. The minimum absolute atomic E-state index is 0.707. The van der Waals surface area contributed by atoms with Gasteiger partial charge >= 0.3 is 0 Å². The maximum Gasteiger partial charge on any atom is 0.0374 e. The number of aryl methyl sites for hydroxylation is 1. The van der Waals surface area contributed by atoms with Gasteiger partial charge in [-0.25, -0.2) is 0 Å². The molecule has 1 fully saturated rings. The molecule has 0 radical (unpaired) electrons. The van der Waals surface area contributed by atoms with E-state index in [-0.39, 0.29) is 0 Å². The second-order valence-corrected chi connectivity index (χ2v) is 5.41. The Balaban J connectivity index is 1.87. The summed E-state index contributed by atoms with van der Waals surface area (Å²) < 4.78 is 0. The van der Waals surface area contributed by atoms with E-state index in [0.29, 0.717) is 6.04 Å². The Labute approximate surface area is 104 Å². The van der Waals surface area contributed by atoms with Gasteiger partial charge in [0.2, 0.25) is 0 Å². The van der Waals surface area contributed by atoms with E-state index in [2.05, 4.69) is 35.3 Å². The summed E-state index contributed by atoms with van der Waals surface area (Å²) >= 11 is 0. The minimum atomic E-state index is 0.707. The summed E-state index contributed by atoms with van der Waals surface area (Å²) in [5.41, 5.74) is 4.29. The molecule has 0 aliphatic carbocycles. The Morgan fingerprint density at radius 1 is 1.24 bits per heavy atom. The number of nitrogens with zero attached hydrogens (tertiary/aromatic N) is 1. The third-order valence-electron chi connectivity index (χ3n) is 4.16. The highest BCUT2D eigenvalue weighted by Crippen LogP contribution is 2.30. The van der Waals surface area contributed by atoms with Crippen LogP contribution in [0, 0.1) is 0 Å². The first-order valence-corrected chi connectivity index (χ1v) is 6.98. The van der Waals surface area contributed by atoms with Crippen molar-refractivity contribution in [3.63, 3.8) is 0 Å². The summed E-state index contributed by atoms with van der Waals surface area (Å²) in [5.74, 6) is 0. The van der Waals surface area contributed by atoms with Gasteiger partial charge in [0.15, 0.2) is 0 Å². The predicted molar refractivity (Wildman–Crippen MR) is 73.9 cm³/mol. The molecule has 0 aromatic heterocycles. The van der Waals surface area contributed by atoms with Gasteiger partial charge in [0, 0.05) is 30.5 Å². The number of hydrogen-bond donors (Lipinski definition) is 1. The molecule has 1 unspecified atom stereocenters. The standard InChI is InChI=1S/C15H22N2/c1-12-5-2-3-10-17(12)14-7-8-15-13(11-14)6-4-9-16-15/h7-8,11-12,16H,2-6,9-10H2,1H3. The van der Waals surface area contributed by atoms with Gasteiger partial charge in [0.1, 0.15) is 0 Å². The van der Waals surface area contributed by atoms with Crippen LogP contribution in [0.5, 0.6) is 0 Å². The number of fused-ring (bicyclic) bond motifs is 1. The largest absolute Gasteiger partial charge is 0.385 e. The van der Waals surface area contributed by atoms with Crippen LogP contribution in [-0.2, 0) is 6.42 Å². The monoisotopic (exact) mass is 230 g/mol. The van der Waals surface area contributed by atoms with E-state index >= 15 is 0 Å². The van der Waals surface area contributed by atoms with Crippen molar-refractivity contribution in [2.75, 3.05) is 23.3 Å². The van der Waals surface area contributed by atoms with Gasteiger partial charge in [-0.2, -0.15) is 0 Å². The quantitative estimate of drug-likeness (QED) is 0.795. The molecular weight excluding hydrogens is 208 g/mol. The highest BCUT2D eigenvalue weighted by molar-refractivity contribution is 5.62. The molecule has 1 N–H and O–H groups in total. The number of piperidine rings is 1. The first-order valence-electron chi connectivity index (χ1n) is 6.98. The van der Waals surface area contributed by atoms with Crippen LogP contribution in [0.3, 0.4) is 0 Å². The summed E-state index contributed by atoms with van der Waals surface area (Å²) in [5, 5.41) is 3.49. The van der Waals surface area contributed by atoms with Gasteiger partial charge in [-0.05, 0) is 62.8 Å². The second kappa shape index (κ2) is 4.59. The van der Waals surface area contributed by atoms with Gasteiger partial charge in [-0.15, -0.1) is 0 Å². The first kappa shape index (κ1) is 10.9. The molecule has 1 atom stereocenters. The van der Waals surface area contributed by atoms with E-state index in [9.17, 15) is 0 Å². The maximum absolute atomic E-state index is 3.49. The molecule has 2 aliphatic rings. The lowest BCUT2D eigenvalue weighted by Gasteiger charge is -2.36.